The van der Waals surface area contributed by atoms with Crippen LogP contribution in [-0.4, -0.2) is 48.1 Å². The minimum absolute atomic E-state index is 0.0526. The first-order valence-corrected chi connectivity index (χ1v) is 8.19. The second-order valence-electron chi connectivity index (χ2n) is 6.69. The van der Waals surface area contributed by atoms with Crippen LogP contribution in [0.1, 0.15) is 60.3 Å². The molecule has 0 aromatic heterocycles. The molecule has 0 saturated carbocycles. The van der Waals surface area contributed by atoms with Gasteiger partial charge in [-0.25, -0.2) is 0 Å². The maximum absolute atomic E-state index is 12.4. The summed E-state index contributed by atoms with van der Waals surface area (Å²) in [6.07, 6.45) is 4.52. The van der Waals surface area contributed by atoms with E-state index in [1.165, 1.54) is 12.8 Å². The van der Waals surface area contributed by atoms with Gasteiger partial charge in [0.25, 0.3) is 0 Å². The number of amides is 1. The molecule has 4 nitrogen and oxygen atoms in total. The Morgan fingerprint density at radius 1 is 1.45 bits per heavy atom. The summed E-state index contributed by atoms with van der Waals surface area (Å²) in [4.78, 5) is 14.8. The summed E-state index contributed by atoms with van der Waals surface area (Å²) in [6.45, 7) is 13.6. The molecular weight excluding hydrogens is 250 g/mol. The lowest BCUT2D eigenvalue weighted by Crippen LogP contribution is -2.54. The normalized spacial score (nSPS) is 21.2. The predicted molar refractivity (Wildman–Crippen MR) is 84.9 cm³/mol. The highest BCUT2D eigenvalue weighted by molar-refractivity contribution is 5.82. The summed E-state index contributed by atoms with van der Waals surface area (Å²) in [5.74, 6) is 0.156. The van der Waals surface area contributed by atoms with Crippen molar-refractivity contribution in [1.29, 1.82) is 0 Å². The van der Waals surface area contributed by atoms with Crippen molar-refractivity contribution in [3.05, 3.63) is 0 Å². The van der Waals surface area contributed by atoms with E-state index in [2.05, 4.69) is 43.2 Å². The quantitative estimate of drug-likeness (QED) is 0.717. The molecule has 1 amide bonds. The lowest BCUT2D eigenvalue weighted by atomic mass is 10.0. The molecule has 0 radical (unpaired) electrons. The molecule has 1 aliphatic rings. The second-order valence-corrected chi connectivity index (χ2v) is 6.69. The van der Waals surface area contributed by atoms with E-state index in [4.69, 9.17) is 0 Å². The fourth-order valence-corrected chi connectivity index (χ4v) is 2.62. The van der Waals surface area contributed by atoms with Crippen molar-refractivity contribution < 1.29 is 4.79 Å². The van der Waals surface area contributed by atoms with Crippen molar-refractivity contribution in [2.75, 3.05) is 19.6 Å². The van der Waals surface area contributed by atoms with Gasteiger partial charge in [0.2, 0.25) is 5.91 Å². The lowest BCUT2D eigenvalue weighted by Gasteiger charge is -2.33. The molecule has 1 fully saturated rings. The standard InChI is InChI=1S/C16H33N3O/c1-6-11-19(12-14-9-8-10-17-14)13(3)15(20)18-16(4,5)7-2/h13-14,17H,6-12H2,1-5H3,(H,18,20). The summed E-state index contributed by atoms with van der Waals surface area (Å²) in [7, 11) is 0. The molecule has 0 aromatic carbocycles. The van der Waals surface area contributed by atoms with Gasteiger partial charge in [-0.2, -0.15) is 0 Å². The van der Waals surface area contributed by atoms with Crippen molar-refractivity contribution in [1.82, 2.24) is 15.5 Å². The van der Waals surface area contributed by atoms with Crippen LogP contribution in [-0.2, 0) is 4.79 Å². The molecule has 2 N–H and O–H groups in total. The highest BCUT2D eigenvalue weighted by Crippen LogP contribution is 2.12. The Kier molecular flexibility index (Phi) is 6.96. The summed E-state index contributed by atoms with van der Waals surface area (Å²) < 4.78 is 0. The molecule has 118 valence electrons. The minimum Gasteiger partial charge on any atom is -0.350 e. The highest BCUT2D eigenvalue weighted by atomic mass is 16.2. The molecule has 0 aromatic rings. The van der Waals surface area contributed by atoms with Crippen LogP contribution in [0.3, 0.4) is 0 Å². The van der Waals surface area contributed by atoms with E-state index in [1.807, 2.05) is 6.92 Å². The first kappa shape index (κ1) is 17.4. The van der Waals surface area contributed by atoms with Gasteiger partial charge in [0, 0.05) is 18.1 Å². The van der Waals surface area contributed by atoms with E-state index in [-0.39, 0.29) is 17.5 Å². The second kappa shape index (κ2) is 7.99. The molecule has 1 saturated heterocycles. The van der Waals surface area contributed by atoms with Gasteiger partial charge < -0.3 is 10.6 Å². The summed E-state index contributed by atoms with van der Waals surface area (Å²) in [5.41, 5.74) is -0.116. The fraction of sp³-hybridized carbons (Fsp3) is 0.938. The topological polar surface area (TPSA) is 44.4 Å². The average molecular weight is 283 g/mol. The zero-order valence-electron chi connectivity index (χ0n) is 14.0. The minimum atomic E-state index is -0.116. The maximum Gasteiger partial charge on any atom is 0.237 e. The SMILES string of the molecule is CCCN(CC1CCCN1)C(C)C(=O)NC(C)(C)CC. The van der Waals surface area contributed by atoms with Gasteiger partial charge in [0.05, 0.1) is 6.04 Å². The van der Waals surface area contributed by atoms with Crippen LogP contribution < -0.4 is 10.6 Å². The van der Waals surface area contributed by atoms with E-state index in [0.717, 1.165) is 32.5 Å². The Bertz CT molecular complexity index is 298. The van der Waals surface area contributed by atoms with E-state index in [1.54, 1.807) is 0 Å². The molecule has 2 atom stereocenters. The van der Waals surface area contributed by atoms with Crippen molar-refractivity contribution in [3.63, 3.8) is 0 Å². The number of nitrogens with zero attached hydrogens (tertiary/aromatic N) is 1. The first-order chi connectivity index (χ1) is 9.39. The molecule has 0 aliphatic carbocycles. The van der Waals surface area contributed by atoms with Crippen LogP contribution in [0.15, 0.2) is 0 Å². The van der Waals surface area contributed by atoms with E-state index >= 15 is 0 Å². The van der Waals surface area contributed by atoms with E-state index in [0.29, 0.717) is 6.04 Å². The summed E-state index contributed by atoms with van der Waals surface area (Å²) >= 11 is 0. The molecule has 2 unspecified atom stereocenters. The van der Waals surface area contributed by atoms with Gasteiger partial charge in [-0.15, -0.1) is 0 Å². The third kappa shape index (κ3) is 5.41. The Morgan fingerprint density at radius 2 is 2.15 bits per heavy atom. The maximum atomic E-state index is 12.4. The molecule has 20 heavy (non-hydrogen) atoms. The molecule has 0 bridgehead atoms. The van der Waals surface area contributed by atoms with Crippen LogP contribution in [0.5, 0.6) is 0 Å². The van der Waals surface area contributed by atoms with Gasteiger partial charge in [-0.3, -0.25) is 9.69 Å². The first-order valence-electron chi connectivity index (χ1n) is 8.19. The van der Waals surface area contributed by atoms with Gasteiger partial charge in [0.15, 0.2) is 0 Å². The van der Waals surface area contributed by atoms with Gasteiger partial charge in [0.1, 0.15) is 0 Å². The number of carbonyl (C=O) groups is 1. The monoisotopic (exact) mass is 283 g/mol. The van der Waals surface area contributed by atoms with Crippen molar-refractivity contribution in [2.24, 2.45) is 0 Å². The van der Waals surface area contributed by atoms with Crippen molar-refractivity contribution >= 4 is 5.91 Å². The predicted octanol–water partition coefficient (Wildman–Crippen LogP) is 2.14. The zero-order valence-corrected chi connectivity index (χ0v) is 14.0. The van der Waals surface area contributed by atoms with Crippen LogP contribution in [0.25, 0.3) is 0 Å². The zero-order chi connectivity index (χ0) is 15.2. The Morgan fingerprint density at radius 3 is 2.65 bits per heavy atom. The molecule has 4 heteroatoms. The summed E-state index contributed by atoms with van der Waals surface area (Å²) in [5, 5.41) is 6.69. The number of hydrogen-bond acceptors (Lipinski definition) is 3. The largest absolute Gasteiger partial charge is 0.350 e. The van der Waals surface area contributed by atoms with Gasteiger partial charge >= 0.3 is 0 Å². The smallest absolute Gasteiger partial charge is 0.237 e. The Balaban J connectivity index is 2.57. The third-order valence-electron chi connectivity index (χ3n) is 4.40. The Labute approximate surface area is 124 Å². The third-order valence-corrected chi connectivity index (χ3v) is 4.40. The average Bonchev–Trinajstić information content (AvgIpc) is 2.90. The van der Waals surface area contributed by atoms with Crippen LogP contribution in [0.4, 0.5) is 0 Å². The molecule has 1 rings (SSSR count). The molecule has 0 spiro atoms. The van der Waals surface area contributed by atoms with Gasteiger partial charge in [-0.05, 0) is 59.5 Å². The van der Waals surface area contributed by atoms with Crippen LogP contribution in [0.2, 0.25) is 0 Å². The molecule has 1 aliphatic heterocycles. The van der Waals surface area contributed by atoms with E-state index < -0.39 is 0 Å². The lowest BCUT2D eigenvalue weighted by molar-refractivity contribution is -0.127. The highest BCUT2D eigenvalue weighted by Gasteiger charge is 2.27. The Hall–Kier alpha value is -0.610. The number of hydrogen-bond donors (Lipinski definition) is 2. The molecular formula is C16H33N3O. The van der Waals surface area contributed by atoms with Crippen molar-refractivity contribution in [3.8, 4) is 0 Å². The molecule has 1 heterocycles. The number of rotatable bonds is 8. The van der Waals surface area contributed by atoms with Crippen LogP contribution in [0, 0.1) is 0 Å². The van der Waals surface area contributed by atoms with Crippen LogP contribution >= 0.6 is 0 Å². The number of nitrogens with one attached hydrogen (secondary N) is 2. The van der Waals surface area contributed by atoms with E-state index in [9.17, 15) is 4.79 Å². The number of carbonyl (C=O) groups excluding carboxylic acids is 1. The van der Waals surface area contributed by atoms with Crippen molar-refractivity contribution in [2.45, 2.75) is 77.9 Å². The summed E-state index contributed by atoms with van der Waals surface area (Å²) in [6, 6.07) is 0.499. The fourth-order valence-electron chi connectivity index (χ4n) is 2.62. The van der Waals surface area contributed by atoms with Gasteiger partial charge in [-0.1, -0.05) is 13.8 Å².